The topological polar surface area (TPSA) is 37.3 Å². The van der Waals surface area contributed by atoms with Gasteiger partial charge in [0.2, 0.25) is 0 Å². The Bertz CT molecular complexity index is 554. The van der Waals surface area contributed by atoms with Crippen LogP contribution in [-0.4, -0.2) is 17.0 Å². The normalized spacial score (nSPS) is 13.8. The molecule has 2 aromatic rings. The van der Waals surface area contributed by atoms with Gasteiger partial charge in [0.25, 0.3) is 0 Å². The molecule has 98 valence electrons. The van der Waals surface area contributed by atoms with Gasteiger partial charge >= 0.3 is 0 Å². The largest absolute Gasteiger partial charge is 0.383 e. The predicted molar refractivity (Wildman–Crippen MR) is 74.8 cm³/mol. The monoisotopic (exact) mass is 322 g/mol. The third-order valence-corrected chi connectivity index (χ3v) is 3.82. The number of rotatable bonds is 4. The molecule has 2 nitrogen and oxygen atoms in total. The molecule has 0 aliphatic heterocycles. The van der Waals surface area contributed by atoms with E-state index in [9.17, 15) is 14.3 Å². The molecular formula is C15H12BrFO2. The molecule has 0 aromatic heterocycles. The van der Waals surface area contributed by atoms with Gasteiger partial charge in [-0.15, -0.1) is 0 Å². The minimum atomic E-state index is -1.21. The molecule has 2 atom stereocenters. The SMILES string of the molecule is O=C(c1ccc(F)cc1)[C@@H](O)[C@H](Br)c1ccccc1. The number of hydrogen-bond acceptors (Lipinski definition) is 2. The maximum atomic E-state index is 12.8. The Morgan fingerprint density at radius 3 is 2.21 bits per heavy atom. The predicted octanol–water partition coefficient (Wildman–Crippen LogP) is 3.51. The van der Waals surface area contributed by atoms with Crippen molar-refractivity contribution in [2.45, 2.75) is 10.9 Å². The van der Waals surface area contributed by atoms with E-state index >= 15 is 0 Å². The van der Waals surface area contributed by atoms with Crippen LogP contribution in [0.4, 0.5) is 4.39 Å². The lowest BCUT2D eigenvalue weighted by atomic mass is 10.00. The molecule has 0 bridgehead atoms. The zero-order chi connectivity index (χ0) is 13.8. The second-order valence-electron chi connectivity index (χ2n) is 4.13. The first-order valence-corrected chi connectivity index (χ1v) is 6.68. The Hall–Kier alpha value is -1.52. The highest BCUT2D eigenvalue weighted by molar-refractivity contribution is 9.09. The van der Waals surface area contributed by atoms with E-state index in [1.807, 2.05) is 30.3 Å². The zero-order valence-electron chi connectivity index (χ0n) is 9.96. The quantitative estimate of drug-likeness (QED) is 0.691. The molecule has 19 heavy (non-hydrogen) atoms. The molecule has 2 rings (SSSR count). The van der Waals surface area contributed by atoms with Crippen LogP contribution in [0.15, 0.2) is 54.6 Å². The summed E-state index contributed by atoms with van der Waals surface area (Å²) >= 11 is 3.32. The van der Waals surface area contributed by atoms with Crippen LogP contribution in [-0.2, 0) is 0 Å². The number of carbonyl (C=O) groups excluding carboxylic acids is 1. The summed E-state index contributed by atoms with van der Waals surface area (Å²) in [6.45, 7) is 0. The van der Waals surface area contributed by atoms with Crippen molar-refractivity contribution in [1.82, 2.24) is 0 Å². The molecule has 1 N–H and O–H groups in total. The summed E-state index contributed by atoms with van der Waals surface area (Å²) in [6.07, 6.45) is -1.21. The van der Waals surface area contributed by atoms with Gasteiger partial charge < -0.3 is 5.11 Å². The second-order valence-corrected chi connectivity index (χ2v) is 5.11. The summed E-state index contributed by atoms with van der Waals surface area (Å²) in [6, 6.07) is 14.3. The maximum Gasteiger partial charge on any atom is 0.192 e. The van der Waals surface area contributed by atoms with E-state index in [0.29, 0.717) is 0 Å². The third-order valence-electron chi connectivity index (χ3n) is 2.79. The molecule has 0 aliphatic rings. The van der Waals surface area contributed by atoms with Crippen molar-refractivity contribution in [3.8, 4) is 0 Å². The van der Waals surface area contributed by atoms with Crippen LogP contribution in [0.2, 0.25) is 0 Å². The van der Waals surface area contributed by atoms with Crippen molar-refractivity contribution in [1.29, 1.82) is 0 Å². The van der Waals surface area contributed by atoms with Crippen molar-refractivity contribution in [2.24, 2.45) is 0 Å². The molecule has 0 radical (unpaired) electrons. The van der Waals surface area contributed by atoms with Gasteiger partial charge in [-0.1, -0.05) is 46.3 Å². The van der Waals surface area contributed by atoms with E-state index in [1.54, 1.807) is 0 Å². The number of Topliss-reactive ketones (excluding diaryl/α,β-unsaturated/α-hetero) is 1. The van der Waals surface area contributed by atoms with Crippen molar-refractivity contribution < 1.29 is 14.3 Å². The van der Waals surface area contributed by atoms with Gasteiger partial charge in [0, 0.05) is 5.56 Å². The van der Waals surface area contributed by atoms with Gasteiger partial charge in [0.15, 0.2) is 5.78 Å². The molecule has 0 unspecified atom stereocenters. The van der Waals surface area contributed by atoms with Crippen LogP contribution in [0.25, 0.3) is 0 Å². The van der Waals surface area contributed by atoms with E-state index in [-0.39, 0.29) is 5.56 Å². The highest BCUT2D eigenvalue weighted by Crippen LogP contribution is 2.28. The molecule has 0 saturated heterocycles. The number of hydrogen-bond donors (Lipinski definition) is 1. The molecule has 0 heterocycles. The fourth-order valence-corrected chi connectivity index (χ4v) is 2.28. The third kappa shape index (κ3) is 3.28. The Kier molecular flexibility index (Phi) is 4.45. The first-order chi connectivity index (χ1) is 9.09. The van der Waals surface area contributed by atoms with Crippen molar-refractivity contribution in [2.75, 3.05) is 0 Å². The lowest BCUT2D eigenvalue weighted by Crippen LogP contribution is -2.25. The van der Waals surface area contributed by atoms with Crippen molar-refractivity contribution in [3.05, 3.63) is 71.5 Å². The number of alkyl halides is 1. The second kappa shape index (κ2) is 6.08. The summed E-state index contributed by atoms with van der Waals surface area (Å²) in [5, 5.41) is 10.1. The lowest BCUT2D eigenvalue weighted by Gasteiger charge is -2.16. The summed E-state index contributed by atoms with van der Waals surface area (Å²) in [7, 11) is 0. The van der Waals surface area contributed by atoms with Gasteiger partial charge in [0.05, 0.1) is 4.83 Å². The number of ketones is 1. The molecule has 2 aromatic carbocycles. The van der Waals surface area contributed by atoms with Crippen LogP contribution in [0.3, 0.4) is 0 Å². The number of carbonyl (C=O) groups is 1. The molecule has 4 heteroatoms. The molecule has 0 amide bonds. The molecular weight excluding hydrogens is 311 g/mol. The van der Waals surface area contributed by atoms with E-state index in [0.717, 1.165) is 5.56 Å². The maximum absolute atomic E-state index is 12.8. The van der Waals surface area contributed by atoms with Gasteiger partial charge in [-0.3, -0.25) is 4.79 Å². The Morgan fingerprint density at radius 1 is 1.05 bits per heavy atom. The standard InChI is InChI=1S/C15H12BrFO2/c16-13(10-4-2-1-3-5-10)15(19)14(18)11-6-8-12(17)9-7-11/h1-9,13,15,19H/t13-,15+/m1/s1. The minimum Gasteiger partial charge on any atom is -0.383 e. The molecule has 0 saturated carbocycles. The molecule has 0 fully saturated rings. The van der Waals surface area contributed by atoms with Crippen molar-refractivity contribution in [3.63, 3.8) is 0 Å². The summed E-state index contributed by atoms with van der Waals surface area (Å²) < 4.78 is 12.8. The fourth-order valence-electron chi connectivity index (χ4n) is 1.74. The van der Waals surface area contributed by atoms with Gasteiger partial charge in [0.1, 0.15) is 11.9 Å². The van der Waals surface area contributed by atoms with E-state index in [4.69, 9.17) is 0 Å². The van der Waals surface area contributed by atoms with Crippen molar-refractivity contribution >= 4 is 21.7 Å². The van der Waals surface area contributed by atoms with Crippen LogP contribution in [0, 0.1) is 5.82 Å². The fraction of sp³-hybridized carbons (Fsp3) is 0.133. The smallest absolute Gasteiger partial charge is 0.192 e. The van der Waals surface area contributed by atoms with E-state index in [2.05, 4.69) is 15.9 Å². The Labute approximate surface area is 119 Å². The number of benzene rings is 2. The molecule has 0 spiro atoms. The first-order valence-electron chi connectivity index (χ1n) is 5.76. The highest BCUT2D eigenvalue weighted by Gasteiger charge is 2.26. The van der Waals surface area contributed by atoms with Crippen LogP contribution in [0.1, 0.15) is 20.7 Å². The zero-order valence-corrected chi connectivity index (χ0v) is 11.5. The van der Waals surface area contributed by atoms with Gasteiger partial charge in [-0.05, 0) is 29.8 Å². The highest BCUT2D eigenvalue weighted by atomic mass is 79.9. The van der Waals surface area contributed by atoms with E-state index in [1.165, 1.54) is 24.3 Å². The Morgan fingerprint density at radius 2 is 1.63 bits per heavy atom. The van der Waals surface area contributed by atoms with Crippen LogP contribution in [0.5, 0.6) is 0 Å². The summed E-state index contributed by atoms with van der Waals surface area (Å²) in [5.41, 5.74) is 1.10. The van der Waals surface area contributed by atoms with Gasteiger partial charge in [-0.2, -0.15) is 0 Å². The number of halogens is 2. The summed E-state index contributed by atoms with van der Waals surface area (Å²) in [4.78, 5) is 11.6. The minimum absolute atomic E-state index is 0.286. The van der Waals surface area contributed by atoms with Gasteiger partial charge in [-0.25, -0.2) is 4.39 Å². The average Bonchev–Trinajstić information content (AvgIpc) is 2.46. The first kappa shape index (κ1) is 13.9. The summed E-state index contributed by atoms with van der Waals surface area (Å²) in [5.74, 6) is -0.852. The number of aliphatic hydroxyl groups excluding tert-OH is 1. The number of aliphatic hydroxyl groups is 1. The Balaban J connectivity index is 2.17. The average molecular weight is 323 g/mol. The van der Waals surface area contributed by atoms with Crippen LogP contribution >= 0.6 is 15.9 Å². The molecule has 0 aliphatic carbocycles. The van der Waals surface area contributed by atoms with E-state index < -0.39 is 22.5 Å². The lowest BCUT2D eigenvalue weighted by molar-refractivity contribution is 0.0746. The van der Waals surface area contributed by atoms with Crippen LogP contribution < -0.4 is 0 Å².